The van der Waals surface area contributed by atoms with Crippen molar-refractivity contribution in [3.8, 4) is 0 Å². The molecular formula is C16H17FN2O3S. The van der Waals surface area contributed by atoms with Gasteiger partial charge in [-0.15, -0.1) is 0 Å². The molecule has 1 amide bonds. The molecule has 0 saturated heterocycles. The Kier molecular flexibility index (Phi) is 5.00. The highest BCUT2D eigenvalue weighted by molar-refractivity contribution is 7.92. The van der Waals surface area contributed by atoms with Crippen LogP contribution in [0.4, 0.5) is 15.8 Å². The minimum absolute atomic E-state index is 0.0906. The van der Waals surface area contributed by atoms with Crippen molar-refractivity contribution in [3.63, 3.8) is 0 Å². The Morgan fingerprint density at radius 2 is 1.74 bits per heavy atom. The zero-order valence-electron chi connectivity index (χ0n) is 12.8. The van der Waals surface area contributed by atoms with Crippen LogP contribution in [-0.2, 0) is 10.0 Å². The van der Waals surface area contributed by atoms with Gasteiger partial charge in [0.2, 0.25) is 10.0 Å². The van der Waals surface area contributed by atoms with Crippen LogP contribution in [0.2, 0.25) is 0 Å². The molecule has 0 aliphatic carbocycles. The van der Waals surface area contributed by atoms with Crippen molar-refractivity contribution < 1.29 is 17.6 Å². The van der Waals surface area contributed by atoms with E-state index >= 15 is 0 Å². The van der Waals surface area contributed by atoms with Crippen LogP contribution in [0.15, 0.2) is 48.5 Å². The van der Waals surface area contributed by atoms with Crippen LogP contribution in [0.1, 0.15) is 17.3 Å². The minimum Gasteiger partial charge on any atom is -0.319 e. The average molecular weight is 336 g/mol. The molecule has 122 valence electrons. The molecule has 1 N–H and O–H groups in total. The van der Waals surface area contributed by atoms with Gasteiger partial charge < -0.3 is 5.32 Å². The molecule has 5 nitrogen and oxygen atoms in total. The predicted octanol–water partition coefficient (Wildman–Crippen LogP) is 2.86. The fourth-order valence-corrected chi connectivity index (χ4v) is 3.12. The number of hydrogen-bond donors (Lipinski definition) is 1. The molecule has 0 atom stereocenters. The molecule has 2 rings (SSSR count). The lowest BCUT2D eigenvalue weighted by molar-refractivity contribution is 0.102. The smallest absolute Gasteiger partial charge is 0.255 e. The largest absolute Gasteiger partial charge is 0.319 e. The summed E-state index contributed by atoms with van der Waals surface area (Å²) >= 11 is 0. The predicted molar refractivity (Wildman–Crippen MR) is 88.7 cm³/mol. The molecule has 0 aliphatic rings. The number of hydrogen-bond acceptors (Lipinski definition) is 3. The summed E-state index contributed by atoms with van der Waals surface area (Å²) in [6, 6.07) is 12.0. The van der Waals surface area contributed by atoms with Gasteiger partial charge in [-0.2, -0.15) is 0 Å². The van der Waals surface area contributed by atoms with Gasteiger partial charge in [0.05, 0.1) is 17.6 Å². The van der Waals surface area contributed by atoms with E-state index in [9.17, 15) is 17.6 Å². The van der Waals surface area contributed by atoms with Crippen LogP contribution in [0.25, 0.3) is 0 Å². The molecule has 0 fully saturated rings. The number of sulfonamides is 1. The first-order valence-electron chi connectivity index (χ1n) is 6.96. The van der Waals surface area contributed by atoms with Gasteiger partial charge in [-0.1, -0.05) is 12.1 Å². The Morgan fingerprint density at radius 3 is 2.26 bits per heavy atom. The summed E-state index contributed by atoms with van der Waals surface area (Å²) in [5.41, 5.74) is 0.867. The normalized spacial score (nSPS) is 11.1. The summed E-state index contributed by atoms with van der Waals surface area (Å²) in [5, 5.41) is 2.47. The molecule has 0 spiro atoms. The number of carbonyl (C=O) groups is 1. The zero-order valence-corrected chi connectivity index (χ0v) is 13.6. The lowest BCUT2D eigenvalue weighted by Crippen LogP contribution is -2.29. The van der Waals surface area contributed by atoms with Crippen LogP contribution >= 0.6 is 0 Å². The average Bonchev–Trinajstić information content (AvgIpc) is 2.49. The van der Waals surface area contributed by atoms with Gasteiger partial charge in [-0.25, -0.2) is 12.8 Å². The van der Waals surface area contributed by atoms with Gasteiger partial charge in [0, 0.05) is 12.1 Å². The second-order valence-electron chi connectivity index (χ2n) is 4.91. The highest BCUT2D eigenvalue weighted by atomic mass is 32.2. The molecule has 0 heterocycles. The fraction of sp³-hybridized carbons (Fsp3) is 0.188. The number of rotatable bonds is 5. The van der Waals surface area contributed by atoms with Crippen LogP contribution in [0.3, 0.4) is 0 Å². The van der Waals surface area contributed by atoms with Crippen molar-refractivity contribution in [2.24, 2.45) is 0 Å². The van der Waals surface area contributed by atoms with Crippen LogP contribution in [-0.4, -0.2) is 27.1 Å². The SMILES string of the molecule is CCN(c1ccc(C(=O)Nc2ccccc2F)cc1)S(C)(=O)=O. The number of amides is 1. The summed E-state index contributed by atoms with van der Waals surface area (Å²) < 4.78 is 38.1. The molecule has 23 heavy (non-hydrogen) atoms. The van der Waals surface area contributed by atoms with Crippen LogP contribution in [0, 0.1) is 5.82 Å². The van der Waals surface area contributed by atoms with E-state index in [4.69, 9.17) is 0 Å². The summed E-state index contributed by atoms with van der Waals surface area (Å²) in [5.74, 6) is -0.990. The molecule has 2 aromatic rings. The second-order valence-corrected chi connectivity index (χ2v) is 6.82. The van der Waals surface area contributed by atoms with Crippen molar-refractivity contribution in [1.29, 1.82) is 0 Å². The van der Waals surface area contributed by atoms with Crippen molar-refractivity contribution in [2.45, 2.75) is 6.92 Å². The highest BCUT2D eigenvalue weighted by Gasteiger charge is 2.16. The van der Waals surface area contributed by atoms with Crippen molar-refractivity contribution in [1.82, 2.24) is 0 Å². The van der Waals surface area contributed by atoms with Crippen molar-refractivity contribution >= 4 is 27.3 Å². The standard InChI is InChI=1S/C16H17FN2O3S/c1-3-19(23(2,21)22)13-10-8-12(9-11-13)16(20)18-15-7-5-4-6-14(15)17/h4-11H,3H2,1-2H3,(H,18,20). The lowest BCUT2D eigenvalue weighted by Gasteiger charge is -2.20. The third-order valence-corrected chi connectivity index (χ3v) is 4.50. The van der Waals surface area contributed by atoms with E-state index in [1.54, 1.807) is 25.1 Å². The highest BCUT2D eigenvalue weighted by Crippen LogP contribution is 2.19. The molecule has 0 unspecified atom stereocenters. The van der Waals surface area contributed by atoms with E-state index in [1.807, 2.05) is 0 Å². The topological polar surface area (TPSA) is 66.5 Å². The number of benzene rings is 2. The Hall–Kier alpha value is -2.41. The van der Waals surface area contributed by atoms with Crippen LogP contribution < -0.4 is 9.62 Å². The van der Waals surface area contributed by atoms with Gasteiger partial charge in [0.1, 0.15) is 5.82 Å². The first kappa shape index (κ1) is 17.0. The monoisotopic (exact) mass is 336 g/mol. The van der Waals surface area contributed by atoms with E-state index in [1.165, 1.54) is 34.6 Å². The zero-order chi connectivity index (χ0) is 17.0. The van der Waals surface area contributed by atoms with E-state index in [0.717, 1.165) is 6.26 Å². The maximum Gasteiger partial charge on any atom is 0.255 e. The lowest BCUT2D eigenvalue weighted by atomic mass is 10.2. The number of anilines is 2. The first-order valence-corrected chi connectivity index (χ1v) is 8.81. The molecule has 0 aliphatic heterocycles. The van der Waals surface area contributed by atoms with E-state index in [0.29, 0.717) is 17.8 Å². The van der Waals surface area contributed by atoms with Gasteiger partial charge >= 0.3 is 0 Å². The Labute approximate surface area is 134 Å². The summed E-state index contributed by atoms with van der Waals surface area (Å²) in [7, 11) is -3.37. The Morgan fingerprint density at radius 1 is 1.13 bits per heavy atom. The minimum atomic E-state index is -3.37. The summed E-state index contributed by atoms with van der Waals surface area (Å²) in [6.45, 7) is 2.01. The molecule has 0 bridgehead atoms. The van der Waals surface area contributed by atoms with Gasteiger partial charge in [0.25, 0.3) is 5.91 Å². The molecular weight excluding hydrogens is 319 g/mol. The number of nitrogens with zero attached hydrogens (tertiary/aromatic N) is 1. The van der Waals surface area contributed by atoms with Crippen LogP contribution in [0.5, 0.6) is 0 Å². The van der Waals surface area contributed by atoms with Crippen molar-refractivity contribution in [2.75, 3.05) is 22.4 Å². The molecule has 0 saturated carbocycles. The van der Waals surface area contributed by atoms with Crippen molar-refractivity contribution in [3.05, 3.63) is 59.9 Å². The van der Waals surface area contributed by atoms with E-state index < -0.39 is 21.7 Å². The van der Waals surface area contributed by atoms with Gasteiger partial charge in [-0.3, -0.25) is 9.10 Å². The molecule has 7 heteroatoms. The fourth-order valence-electron chi connectivity index (χ4n) is 2.14. The van der Waals surface area contributed by atoms with E-state index in [2.05, 4.69) is 5.32 Å². The second kappa shape index (κ2) is 6.78. The summed E-state index contributed by atoms with van der Waals surface area (Å²) in [4.78, 5) is 12.1. The Bertz CT molecular complexity index is 804. The van der Waals surface area contributed by atoms with Gasteiger partial charge in [-0.05, 0) is 43.3 Å². The number of para-hydroxylation sites is 1. The number of halogens is 1. The Balaban J connectivity index is 2.19. The number of carbonyl (C=O) groups excluding carboxylic acids is 1. The third-order valence-electron chi connectivity index (χ3n) is 3.23. The maximum absolute atomic E-state index is 13.5. The summed E-state index contributed by atoms with van der Waals surface area (Å²) in [6.07, 6.45) is 1.12. The van der Waals surface area contributed by atoms with Gasteiger partial charge in [0.15, 0.2) is 0 Å². The maximum atomic E-state index is 13.5. The molecule has 0 aromatic heterocycles. The quantitative estimate of drug-likeness (QED) is 0.913. The first-order chi connectivity index (χ1) is 10.8. The third kappa shape index (κ3) is 4.07. The number of nitrogens with one attached hydrogen (secondary N) is 1. The van der Waals surface area contributed by atoms with E-state index in [-0.39, 0.29) is 5.69 Å². The molecule has 2 aromatic carbocycles. The molecule has 0 radical (unpaired) electrons.